The van der Waals surface area contributed by atoms with Crippen molar-refractivity contribution in [1.82, 2.24) is 4.90 Å². The van der Waals surface area contributed by atoms with Crippen molar-refractivity contribution < 1.29 is 4.74 Å². The molecule has 0 amide bonds. The van der Waals surface area contributed by atoms with Crippen molar-refractivity contribution in [2.75, 3.05) is 33.4 Å². The SMILES string of the molecule is CN1CCC2(COCCC2N)C1. The van der Waals surface area contributed by atoms with E-state index in [1.165, 1.54) is 13.0 Å². The van der Waals surface area contributed by atoms with Crippen LogP contribution in [-0.4, -0.2) is 44.3 Å². The Hall–Kier alpha value is -0.120. The van der Waals surface area contributed by atoms with Crippen molar-refractivity contribution in [3.05, 3.63) is 0 Å². The number of nitrogens with two attached hydrogens (primary N) is 1. The van der Waals surface area contributed by atoms with Crippen molar-refractivity contribution in [2.45, 2.75) is 18.9 Å². The van der Waals surface area contributed by atoms with Gasteiger partial charge in [-0.15, -0.1) is 0 Å². The first-order valence-electron chi connectivity index (χ1n) is 4.75. The Labute approximate surface area is 73.9 Å². The molecule has 2 rings (SSSR count). The summed E-state index contributed by atoms with van der Waals surface area (Å²) in [4.78, 5) is 2.36. The Morgan fingerprint density at radius 1 is 1.58 bits per heavy atom. The van der Waals surface area contributed by atoms with E-state index in [2.05, 4.69) is 11.9 Å². The Bertz CT molecular complexity index is 170. The van der Waals surface area contributed by atoms with Gasteiger partial charge in [0.25, 0.3) is 0 Å². The molecule has 2 aliphatic heterocycles. The third-order valence-corrected chi connectivity index (χ3v) is 3.33. The summed E-state index contributed by atoms with van der Waals surface area (Å²) in [5.41, 5.74) is 6.42. The molecule has 1 spiro atoms. The molecule has 2 unspecified atom stereocenters. The maximum absolute atomic E-state index is 6.13. The lowest BCUT2D eigenvalue weighted by atomic mass is 9.78. The quantitative estimate of drug-likeness (QED) is 0.558. The lowest BCUT2D eigenvalue weighted by Crippen LogP contribution is -2.50. The highest BCUT2D eigenvalue weighted by Crippen LogP contribution is 2.36. The van der Waals surface area contributed by atoms with E-state index in [-0.39, 0.29) is 5.41 Å². The molecule has 2 heterocycles. The molecule has 0 aromatic rings. The summed E-state index contributed by atoms with van der Waals surface area (Å²) in [6.07, 6.45) is 2.25. The van der Waals surface area contributed by atoms with Crippen LogP contribution in [0.3, 0.4) is 0 Å². The van der Waals surface area contributed by atoms with E-state index in [9.17, 15) is 0 Å². The van der Waals surface area contributed by atoms with Gasteiger partial charge >= 0.3 is 0 Å². The van der Waals surface area contributed by atoms with Crippen LogP contribution in [-0.2, 0) is 4.74 Å². The number of ether oxygens (including phenoxy) is 1. The maximum Gasteiger partial charge on any atom is 0.0550 e. The predicted molar refractivity (Wildman–Crippen MR) is 48.0 cm³/mol. The van der Waals surface area contributed by atoms with Crippen LogP contribution < -0.4 is 5.73 Å². The van der Waals surface area contributed by atoms with E-state index in [1.54, 1.807) is 0 Å². The van der Waals surface area contributed by atoms with E-state index in [4.69, 9.17) is 10.5 Å². The Balaban J connectivity index is 2.07. The van der Waals surface area contributed by atoms with Crippen molar-refractivity contribution >= 4 is 0 Å². The highest BCUT2D eigenvalue weighted by atomic mass is 16.5. The molecule has 0 aromatic heterocycles. The smallest absolute Gasteiger partial charge is 0.0550 e. The van der Waals surface area contributed by atoms with Gasteiger partial charge in [-0.25, -0.2) is 0 Å². The molecular weight excluding hydrogens is 152 g/mol. The summed E-state index contributed by atoms with van der Waals surface area (Å²) in [6, 6.07) is 0.358. The van der Waals surface area contributed by atoms with Gasteiger partial charge in [0, 0.05) is 24.6 Å². The summed E-state index contributed by atoms with van der Waals surface area (Å²) >= 11 is 0. The van der Waals surface area contributed by atoms with Gasteiger partial charge in [0.2, 0.25) is 0 Å². The van der Waals surface area contributed by atoms with Crippen LogP contribution in [0.15, 0.2) is 0 Å². The van der Waals surface area contributed by atoms with Crippen LogP contribution in [0.2, 0.25) is 0 Å². The number of nitrogens with zero attached hydrogens (tertiary/aromatic N) is 1. The number of likely N-dealkylation sites (tertiary alicyclic amines) is 1. The maximum atomic E-state index is 6.13. The van der Waals surface area contributed by atoms with Gasteiger partial charge in [-0.3, -0.25) is 0 Å². The summed E-state index contributed by atoms with van der Waals surface area (Å²) in [5, 5.41) is 0. The fourth-order valence-corrected chi connectivity index (χ4v) is 2.43. The van der Waals surface area contributed by atoms with E-state index < -0.39 is 0 Å². The second-order valence-corrected chi connectivity index (χ2v) is 4.30. The normalized spacial score (nSPS) is 44.0. The van der Waals surface area contributed by atoms with Gasteiger partial charge < -0.3 is 15.4 Å². The second kappa shape index (κ2) is 2.98. The minimum absolute atomic E-state index is 0.285. The third-order valence-electron chi connectivity index (χ3n) is 3.33. The first kappa shape index (κ1) is 8.48. The largest absolute Gasteiger partial charge is 0.381 e. The van der Waals surface area contributed by atoms with Gasteiger partial charge in [0.1, 0.15) is 0 Å². The highest BCUT2D eigenvalue weighted by Gasteiger charge is 2.43. The van der Waals surface area contributed by atoms with Crippen LogP contribution in [0.25, 0.3) is 0 Å². The monoisotopic (exact) mass is 170 g/mol. The van der Waals surface area contributed by atoms with Crippen molar-refractivity contribution in [3.8, 4) is 0 Å². The zero-order valence-electron chi connectivity index (χ0n) is 7.75. The molecule has 3 nitrogen and oxygen atoms in total. The first-order valence-corrected chi connectivity index (χ1v) is 4.75. The van der Waals surface area contributed by atoms with Gasteiger partial charge in [0.15, 0.2) is 0 Å². The number of hydrogen-bond donors (Lipinski definition) is 1. The van der Waals surface area contributed by atoms with Gasteiger partial charge in [-0.1, -0.05) is 0 Å². The van der Waals surface area contributed by atoms with Crippen LogP contribution in [0.1, 0.15) is 12.8 Å². The average molecular weight is 170 g/mol. The predicted octanol–water partition coefficient (Wildman–Crippen LogP) is 0.0559. The van der Waals surface area contributed by atoms with Crippen LogP contribution in [0.5, 0.6) is 0 Å². The summed E-state index contributed by atoms with van der Waals surface area (Å²) in [7, 11) is 2.16. The molecule has 2 atom stereocenters. The second-order valence-electron chi connectivity index (χ2n) is 4.30. The van der Waals surface area contributed by atoms with Crippen molar-refractivity contribution in [2.24, 2.45) is 11.1 Å². The minimum atomic E-state index is 0.285. The molecule has 0 saturated carbocycles. The molecule has 2 saturated heterocycles. The fourth-order valence-electron chi connectivity index (χ4n) is 2.43. The van der Waals surface area contributed by atoms with Crippen molar-refractivity contribution in [1.29, 1.82) is 0 Å². The van der Waals surface area contributed by atoms with Gasteiger partial charge in [-0.05, 0) is 26.4 Å². The topological polar surface area (TPSA) is 38.5 Å². The Kier molecular flexibility index (Phi) is 2.10. The third kappa shape index (κ3) is 1.26. The lowest BCUT2D eigenvalue weighted by Gasteiger charge is -2.38. The van der Waals surface area contributed by atoms with E-state index in [0.29, 0.717) is 6.04 Å². The fraction of sp³-hybridized carbons (Fsp3) is 1.00. The van der Waals surface area contributed by atoms with Crippen LogP contribution >= 0.6 is 0 Å². The summed E-state index contributed by atoms with van der Waals surface area (Å²) < 4.78 is 5.52. The zero-order chi connectivity index (χ0) is 8.60. The molecular formula is C9H18N2O. The van der Waals surface area contributed by atoms with Crippen LogP contribution in [0, 0.1) is 5.41 Å². The van der Waals surface area contributed by atoms with E-state index in [0.717, 1.165) is 26.2 Å². The highest BCUT2D eigenvalue weighted by molar-refractivity contribution is 4.97. The average Bonchev–Trinajstić information content (AvgIpc) is 2.41. The number of rotatable bonds is 0. The molecule has 70 valence electrons. The molecule has 3 heteroatoms. The zero-order valence-corrected chi connectivity index (χ0v) is 7.75. The lowest BCUT2D eigenvalue weighted by molar-refractivity contribution is -0.0158. The van der Waals surface area contributed by atoms with Crippen molar-refractivity contribution in [3.63, 3.8) is 0 Å². The van der Waals surface area contributed by atoms with E-state index in [1.807, 2.05) is 0 Å². The van der Waals surface area contributed by atoms with Gasteiger partial charge in [0.05, 0.1) is 6.61 Å². The standard InChI is InChI=1S/C9H18N2O/c1-11-4-3-9(6-11)7-12-5-2-8(9)10/h8H,2-7,10H2,1H3. The number of hydrogen-bond acceptors (Lipinski definition) is 3. The molecule has 2 aliphatic rings. The molecule has 0 aliphatic carbocycles. The first-order chi connectivity index (χ1) is 5.73. The molecule has 2 N–H and O–H groups in total. The molecule has 2 fully saturated rings. The van der Waals surface area contributed by atoms with Gasteiger partial charge in [-0.2, -0.15) is 0 Å². The molecule has 12 heavy (non-hydrogen) atoms. The Morgan fingerprint density at radius 3 is 3.00 bits per heavy atom. The summed E-state index contributed by atoms with van der Waals surface area (Å²) in [6.45, 7) is 4.02. The molecule has 0 aromatic carbocycles. The Morgan fingerprint density at radius 2 is 2.42 bits per heavy atom. The van der Waals surface area contributed by atoms with E-state index >= 15 is 0 Å². The molecule has 0 radical (unpaired) electrons. The molecule has 0 bridgehead atoms. The summed E-state index contributed by atoms with van der Waals surface area (Å²) in [5.74, 6) is 0. The minimum Gasteiger partial charge on any atom is -0.381 e. The van der Waals surface area contributed by atoms with Crippen LogP contribution in [0.4, 0.5) is 0 Å².